The van der Waals surface area contributed by atoms with E-state index in [4.69, 9.17) is 9.15 Å². The summed E-state index contributed by atoms with van der Waals surface area (Å²) in [6.45, 7) is 3.99. The Kier molecular flexibility index (Phi) is 6.20. The van der Waals surface area contributed by atoms with Crippen LogP contribution in [-0.4, -0.2) is 17.0 Å². The second-order valence-electron chi connectivity index (χ2n) is 6.96. The van der Waals surface area contributed by atoms with E-state index in [9.17, 15) is 4.79 Å². The van der Waals surface area contributed by atoms with Crippen LogP contribution >= 0.6 is 12.1 Å². The van der Waals surface area contributed by atoms with Crippen molar-refractivity contribution < 1.29 is 9.15 Å². The maximum atomic E-state index is 12.8. The van der Waals surface area contributed by atoms with E-state index in [0.29, 0.717) is 23.3 Å². The molecule has 8 heteroatoms. The fourth-order valence-corrected chi connectivity index (χ4v) is 3.80. The van der Waals surface area contributed by atoms with Crippen LogP contribution in [0.15, 0.2) is 64.1 Å². The molecule has 0 aliphatic rings. The van der Waals surface area contributed by atoms with Crippen molar-refractivity contribution in [3.05, 3.63) is 87.5 Å². The molecule has 2 aromatic carbocycles. The molecule has 0 fully saturated rings. The highest BCUT2D eigenvalue weighted by Crippen LogP contribution is 2.28. The fourth-order valence-electron chi connectivity index (χ4n) is 3.37. The van der Waals surface area contributed by atoms with Crippen molar-refractivity contribution in [2.45, 2.75) is 20.3 Å². The van der Waals surface area contributed by atoms with Crippen LogP contribution < -0.4 is 19.8 Å². The van der Waals surface area contributed by atoms with E-state index in [1.165, 1.54) is 12.1 Å². The number of aryl methyl sites for hydroxylation is 1. The first-order valence-electron chi connectivity index (χ1n) is 9.75. The van der Waals surface area contributed by atoms with Gasteiger partial charge >= 0.3 is 11.6 Å². The van der Waals surface area contributed by atoms with E-state index in [1.54, 1.807) is 24.5 Å². The first kappa shape index (κ1) is 20.9. The van der Waals surface area contributed by atoms with Crippen LogP contribution in [0.5, 0.6) is 11.8 Å². The molecule has 2 heterocycles. The van der Waals surface area contributed by atoms with E-state index >= 15 is 0 Å². The molecule has 158 valence electrons. The number of hydrogen-bond donors (Lipinski definition) is 2. The van der Waals surface area contributed by atoms with Crippen LogP contribution in [-0.2, 0) is 6.42 Å². The lowest BCUT2D eigenvalue weighted by Crippen LogP contribution is -2.12. The summed E-state index contributed by atoms with van der Waals surface area (Å²) in [4.78, 5) is 20.9. The van der Waals surface area contributed by atoms with Crippen LogP contribution in [0, 0.1) is 13.8 Å². The van der Waals surface area contributed by atoms with Crippen LogP contribution in [0.3, 0.4) is 0 Å². The molecular weight excluding hydrogens is 412 g/mol. The van der Waals surface area contributed by atoms with E-state index in [-0.39, 0.29) is 11.6 Å². The summed E-state index contributed by atoms with van der Waals surface area (Å²) in [5, 5.41) is 0.869. The Labute approximate surface area is 184 Å². The Balaban J connectivity index is 1.67. The van der Waals surface area contributed by atoms with Gasteiger partial charge in [-0.05, 0) is 61.9 Å². The second kappa shape index (κ2) is 9.20. The average Bonchev–Trinajstić information content (AvgIpc) is 2.77. The van der Waals surface area contributed by atoms with Crippen LogP contribution in [0.1, 0.15) is 22.3 Å². The SMILES string of the molecule is CNSNc1cccc(Cc2c(C)c3ccc(Oc4ncccn4)cc3oc2=O)c1C. The molecule has 0 spiro atoms. The van der Waals surface area contributed by atoms with Crippen molar-refractivity contribution in [2.75, 3.05) is 11.8 Å². The largest absolute Gasteiger partial charge is 0.424 e. The summed E-state index contributed by atoms with van der Waals surface area (Å²) in [5.74, 6) is 0.505. The van der Waals surface area contributed by atoms with Gasteiger partial charge in [-0.3, -0.25) is 0 Å². The number of benzene rings is 2. The van der Waals surface area contributed by atoms with E-state index in [2.05, 4.69) is 19.4 Å². The van der Waals surface area contributed by atoms with Gasteiger partial charge in [0.1, 0.15) is 11.3 Å². The topological polar surface area (TPSA) is 89.3 Å². The van der Waals surface area contributed by atoms with E-state index in [0.717, 1.165) is 27.8 Å². The number of anilines is 1. The molecule has 4 rings (SSSR count). The third-order valence-corrected chi connectivity index (χ3v) is 5.61. The predicted molar refractivity (Wildman–Crippen MR) is 124 cm³/mol. The molecule has 0 aliphatic carbocycles. The van der Waals surface area contributed by atoms with Gasteiger partial charge in [0.15, 0.2) is 0 Å². The Bertz CT molecular complexity index is 1280. The third-order valence-electron chi connectivity index (χ3n) is 5.09. The first-order valence-corrected chi connectivity index (χ1v) is 10.6. The predicted octanol–water partition coefficient (Wildman–Crippen LogP) is 4.78. The number of rotatable bonds is 7. The highest BCUT2D eigenvalue weighted by molar-refractivity contribution is 7.98. The summed E-state index contributed by atoms with van der Waals surface area (Å²) >= 11 is 1.40. The van der Waals surface area contributed by atoms with Gasteiger partial charge in [-0.1, -0.05) is 12.1 Å². The molecule has 31 heavy (non-hydrogen) atoms. The molecule has 2 aromatic heterocycles. The van der Waals surface area contributed by atoms with Gasteiger partial charge in [0.05, 0.1) is 0 Å². The smallest absolute Gasteiger partial charge is 0.340 e. The maximum absolute atomic E-state index is 12.8. The van der Waals surface area contributed by atoms with Crippen molar-refractivity contribution in [1.82, 2.24) is 14.7 Å². The van der Waals surface area contributed by atoms with Crippen molar-refractivity contribution in [1.29, 1.82) is 0 Å². The number of nitrogens with one attached hydrogen (secondary N) is 2. The molecule has 0 bridgehead atoms. The summed E-state index contributed by atoms with van der Waals surface area (Å²) in [6, 6.07) is 13.4. The van der Waals surface area contributed by atoms with Gasteiger partial charge in [0, 0.05) is 53.7 Å². The number of hydrogen-bond acceptors (Lipinski definition) is 8. The standard InChI is InChI=1S/C23H22N4O3S/c1-14-16(6-4-7-20(14)27-31-24-3)12-19-15(2)18-9-8-17(13-21(18)30-22(19)28)29-23-25-10-5-11-26-23/h4-11,13,24,27H,12H2,1-3H3. The van der Waals surface area contributed by atoms with E-state index < -0.39 is 0 Å². The highest BCUT2D eigenvalue weighted by Gasteiger charge is 2.15. The number of fused-ring (bicyclic) bond motifs is 1. The van der Waals surface area contributed by atoms with Crippen LogP contribution in [0.4, 0.5) is 5.69 Å². The minimum Gasteiger partial charge on any atom is -0.424 e. The lowest BCUT2D eigenvalue weighted by atomic mass is 9.96. The zero-order chi connectivity index (χ0) is 21.8. The zero-order valence-electron chi connectivity index (χ0n) is 17.4. The van der Waals surface area contributed by atoms with Gasteiger partial charge < -0.3 is 13.9 Å². The molecule has 0 unspecified atom stereocenters. The van der Waals surface area contributed by atoms with Gasteiger partial charge in [0.2, 0.25) is 0 Å². The lowest BCUT2D eigenvalue weighted by molar-refractivity contribution is 0.440. The molecule has 4 aromatic rings. The summed E-state index contributed by atoms with van der Waals surface area (Å²) in [5.41, 5.74) is 4.83. The van der Waals surface area contributed by atoms with Crippen LogP contribution in [0.25, 0.3) is 11.0 Å². The normalized spacial score (nSPS) is 10.9. The Morgan fingerprint density at radius 2 is 1.87 bits per heavy atom. The van der Waals surface area contributed by atoms with Crippen LogP contribution in [0.2, 0.25) is 0 Å². The minimum absolute atomic E-state index is 0.234. The molecule has 0 radical (unpaired) electrons. The van der Waals surface area contributed by atoms with Crippen molar-refractivity contribution in [3.8, 4) is 11.8 Å². The third kappa shape index (κ3) is 4.55. The molecule has 0 amide bonds. The molecule has 7 nitrogen and oxygen atoms in total. The highest BCUT2D eigenvalue weighted by atomic mass is 32.2. The van der Waals surface area contributed by atoms with Gasteiger partial charge in [-0.25, -0.2) is 19.5 Å². The number of aromatic nitrogens is 2. The minimum atomic E-state index is -0.347. The molecular formula is C23H22N4O3S. The summed E-state index contributed by atoms with van der Waals surface area (Å²) < 4.78 is 17.6. The van der Waals surface area contributed by atoms with Gasteiger partial charge in [-0.15, -0.1) is 0 Å². The van der Waals surface area contributed by atoms with E-state index in [1.807, 2.05) is 51.2 Å². The molecule has 0 aliphatic heterocycles. The van der Waals surface area contributed by atoms with Crippen molar-refractivity contribution >= 4 is 28.8 Å². The monoisotopic (exact) mass is 434 g/mol. The van der Waals surface area contributed by atoms with Crippen molar-refractivity contribution in [3.63, 3.8) is 0 Å². The summed E-state index contributed by atoms with van der Waals surface area (Å²) in [7, 11) is 1.85. The number of nitrogens with zero attached hydrogens (tertiary/aromatic N) is 2. The fraction of sp³-hybridized carbons (Fsp3) is 0.174. The molecule has 0 saturated carbocycles. The molecule has 0 saturated heterocycles. The maximum Gasteiger partial charge on any atom is 0.340 e. The zero-order valence-corrected chi connectivity index (χ0v) is 18.2. The summed E-state index contributed by atoms with van der Waals surface area (Å²) in [6.07, 6.45) is 3.69. The first-order chi connectivity index (χ1) is 15.1. The van der Waals surface area contributed by atoms with Gasteiger partial charge in [0.25, 0.3) is 0 Å². The molecule has 0 atom stereocenters. The molecule has 2 N–H and O–H groups in total. The second-order valence-corrected chi connectivity index (χ2v) is 7.78. The lowest BCUT2D eigenvalue weighted by Gasteiger charge is -2.14. The quantitative estimate of drug-likeness (QED) is 0.317. The van der Waals surface area contributed by atoms with Crippen molar-refractivity contribution in [2.24, 2.45) is 0 Å². The Hall–Kier alpha value is -3.36. The number of ether oxygens (including phenoxy) is 1. The average molecular weight is 435 g/mol. The van der Waals surface area contributed by atoms with Gasteiger partial charge in [-0.2, -0.15) is 0 Å². The Morgan fingerprint density at radius 3 is 2.65 bits per heavy atom. The Morgan fingerprint density at radius 1 is 1.06 bits per heavy atom.